The van der Waals surface area contributed by atoms with Gasteiger partial charge in [0.1, 0.15) is 5.75 Å². The first-order valence-corrected chi connectivity index (χ1v) is 7.25. The monoisotopic (exact) mass is 288 g/mol. The molecule has 20 heavy (non-hydrogen) atoms. The lowest BCUT2D eigenvalue weighted by atomic mass is 10.0. The fourth-order valence-corrected chi connectivity index (χ4v) is 3.34. The summed E-state index contributed by atoms with van der Waals surface area (Å²) in [5.74, 6) is 0.958. The Morgan fingerprint density at radius 1 is 1.40 bits per heavy atom. The lowest BCUT2D eigenvalue weighted by Crippen LogP contribution is -2.20. The van der Waals surface area contributed by atoms with Gasteiger partial charge in [-0.15, -0.1) is 11.3 Å². The Labute approximate surface area is 121 Å². The van der Waals surface area contributed by atoms with Crippen LogP contribution in [-0.4, -0.2) is 20.1 Å². The van der Waals surface area contributed by atoms with Crippen molar-refractivity contribution >= 4 is 22.9 Å². The van der Waals surface area contributed by atoms with Crippen molar-refractivity contribution in [2.45, 2.75) is 12.5 Å². The Morgan fingerprint density at radius 2 is 2.20 bits per heavy atom. The van der Waals surface area contributed by atoms with Crippen molar-refractivity contribution in [2.24, 2.45) is 5.73 Å². The van der Waals surface area contributed by atoms with E-state index in [-0.39, 0.29) is 11.9 Å². The number of hydrogen-bond acceptors (Lipinski definition) is 4. The van der Waals surface area contributed by atoms with Crippen LogP contribution in [0.4, 0.5) is 5.69 Å². The number of thiophene rings is 1. The summed E-state index contributed by atoms with van der Waals surface area (Å²) in [7, 11) is 3.45. The number of nitrogens with zero attached hydrogens (tertiary/aromatic N) is 1. The van der Waals surface area contributed by atoms with E-state index in [4.69, 9.17) is 10.5 Å². The van der Waals surface area contributed by atoms with E-state index in [1.165, 1.54) is 0 Å². The Balaban J connectivity index is 1.92. The Kier molecular flexibility index (Phi) is 3.23. The number of anilines is 1. The molecule has 2 heterocycles. The molecule has 2 N–H and O–H groups in total. The molecule has 3 rings (SSSR count). The number of nitrogens with two attached hydrogens (primary N) is 1. The van der Waals surface area contributed by atoms with E-state index in [1.807, 2.05) is 29.6 Å². The first kappa shape index (κ1) is 13.1. The quantitative estimate of drug-likeness (QED) is 0.943. The molecule has 0 saturated carbocycles. The first-order valence-electron chi connectivity index (χ1n) is 6.37. The number of fused-ring (bicyclic) bond motifs is 1. The van der Waals surface area contributed by atoms with Crippen molar-refractivity contribution in [3.63, 3.8) is 0 Å². The minimum Gasteiger partial charge on any atom is -0.496 e. The minimum atomic E-state index is -0.185. The van der Waals surface area contributed by atoms with E-state index in [0.717, 1.165) is 27.4 Å². The molecule has 0 radical (unpaired) electrons. The fourth-order valence-electron chi connectivity index (χ4n) is 2.45. The maximum absolute atomic E-state index is 11.7. The third kappa shape index (κ3) is 2.09. The molecular weight excluding hydrogens is 272 g/mol. The highest BCUT2D eigenvalue weighted by molar-refractivity contribution is 7.10. The van der Waals surface area contributed by atoms with Crippen LogP contribution in [0.15, 0.2) is 29.6 Å². The van der Waals surface area contributed by atoms with Gasteiger partial charge in [0.15, 0.2) is 0 Å². The van der Waals surface area contributed by atoms with Crippen LogP contribution in [0.2, 0.25) is 0 Å². The van der Waals surface area contributed by atoms with Crippen LogP contribution >= 0.6 is 11.3 Å². The second kappa shape index (κ2) is 4.92. The second-order valence-corrected chi connectivity index (χ2v) is 5.83. The van der Waals surface area contributed by atoms with Crippen LogP contribution in [-0.2, 0) is 11.2 Å². The van der Waals surface area contributed by atoms with Crippen LogP contribution < -0.4 is 15.4 Å². The number of carbonyl (C=O) groups excluding carboxylic acids is 1. The highest BCUT2D eigenvalue weighted by atomic mass is 32.1. The highest BCUT2D eigenvalue weighted by Crippen LogP contribution is 2.33. The van der Waals surface area contributed by atoms with Crippen molar-refractivity contribution in [2.75, 3.05) is 19.1 Å². The zero-order valence-corrected chi connectivity index (χ0v) is 12.2. The molecule has 2 aromatic rings. The van der Waals surface area contributed by atoms with Crippen molar-refractivity contribution in [3.05, 3.63) is 45.6 Å². The van der Waals surface area contributed by atoms with E-state index in [1.54, 1.807) is 30.4 Å². The number of amides is 1. The number of carbonyl (C=O) groups is 1. The smallest absolute Gasteiger partial charge is 0.231 e. The lowest BCUT2D eigenvalue weighted by molar-refractivity contribution is -0.117. The van der Waals surface area contributed by atoms with Crippen molar-refractivity contribution in [3.8, 4) is 5.75 Å². The molecule has 1 amide bonds. The molecule has 0 fully saturated rings. The number of rotatable bonds is 3. The zero-order valence-electron chi connectivity index (χ0n) is 11.4. The van der Waals surface area contributed by atoms with Gasteiger partial charge >= 0.3 is 0 Å². The van der Waals surface area contributed by atoms with E-state index < -0.39 is 0 Å². The Bertz CT molecular complexity index is 666. The molecule has 1 aromatic heterocycles. The van der Waals surface area contributed by atoms with Crippen molar-refractivity contribution in [1.29, 1.82) is 0 Å². The highest BCUT2D eigenvalue weighted by Gasteiger charge is 2.25. The first-order chi connectivity index (χ1) is 9.60. The Hall–Kier alpha value is -1.85. The van der Waals surface area contributed by atoms with Gasteiger partial charge in [-0.1, -0.05) is 12.1 Å². The van der Waals surface area contributed by atoms with Crippen LogP contribution in [0.1, 0.15) is 22.0 Å². The van der Waals surface area contributed by atoms with Gasteiger partial charge < -0.3 is 15.4 Å². The molecule has 1 aromatic carbocycles. The van der Waals surface area contributed by atoms with E-state index in [2.05, 4.69) is 0 Å². The maximum Gasteiger partial charge on any atom is 0.231 e. The summed E-state index contributed by atoms with van der Waals surface area (Å²) in [6, 6.07) is 7.77. The molecule has 1 aliphatic rings. The van der Waals surface area contributed by atoms with Gasteiger partial charge in [-0.3, -0.25) is 4.79 Å². The van der Waals surface area contributed by atoms with Crippen LogP contribution in [0.5, 0.6) is 5.75 Å². The number of hydrogen-bond donors (Lipinski definition) is 1. The number of methoxy groups -OCH3 is 1. The number of ether oxygens (including phenoxy) is 1. The summed E-state index contributed by atoms with van der Waals surface area (Å²) in [4.78, 5) is 14.5. The predicted molar refractivity (Wildman–Crippen MR) is 80.5 cm³/mol. The van der Waals surface area contributed by atoms with Gasteiger partial charge in [0.2, 0.25) is 5.91 Å². The predicted octanol–water partition coefficient (Wildman–Crippen LogP) is 2.32. The summed E-state index contributed by atoms with van der Waals surface area (Å²) in [5.41, 5.74) is 9.36. The molecule has 0 saturated heterocycles. The SMILES string of the molecule is COc1csc(C(N)c2ccc3c(c2)CC(=O)N3C)c1. The topological polar surface area (TPSA) is 55.6 Å². The molecule has 0 spiro atoms. The average molecular weight is 288 g/mol. The van der Waals surface area contributed by atoms with E-state index in [0.29, 0.717) is 6.42 Å². The molecule has 1 atom stereocenters. The molecule has 1 unspecified atom stereocenters. The molecule has 0 aliphatic carbocycles. The number of likely N-dealkylation sites (N-methyl/N-ethyl adjacent to an activating group) is 1. The van der Waals surface area contributed by atoms with Crippen LogP contribution in [0.25, 0.3) is 0 Å². The molecular formula is C15H16N2O2S. The zero-order chi connectivity index (χ0) is 14.3. The summed E-state index contributed by atoms with van der Waals surface area (Å²) >= 11 is 1.58. The van der Waals surface area contributed by atoms with Crippen molar-refractivity contribution < 1.29 is 9.53 Å². The summed E-state index contributed by atoms with van der Waals surface area (Å²) in [6.45, 7) is 0. The normalized spacial score (nSPS) is 15.3. The van der Waals surface area contributed by atoms with Gasteiger partial charge in [0.05, 0.1) is 19.6 Å². The fraction of sp³-hybridized carbons (Fsp3) is 0.267. The molecule has 1 aliphatic heterocycles. The van der Waals surface area contributed by atoms with Gasteiger partial charge in [-0.05, 0) is 23.3 Å². The molecule has 104 valence electrons. The summed E-state index contributed by atoms with van der Waals surface area (Å²) in [5, 5.41) is 1.94. The van der Waals surface area contributed by atoms with Gasteiger partial charge in [0.25, 0.3) is 0 Å². The minimum absolute atomic E-state index is 0.128. The Morgan fingerprint density at radius 3 is 2.90 bits per heavy atom. The summed E-state index contributed by atoms with van der Waals surface area (Å²) < 4.78 is 5.19. The largest absolute Gasteiger partial charge is 0.496 e. The third-order valence-electron chi connectivity index (χ3n) is 3.68. The molecule has 4 nitrogen and oxygen atoms in total. The average Bonchev–Trinajstić information content (AvgIpc) is 3.04. The molecule has 0 bridgehead atoms. The lowest BCUT2D eigenvalue weighted by Gasteiger charge is -2.13. The van der Waals surface area contributed by atoms with Gasteiger partial charge in [-0.2, -0.15) is 0 Å². The van der Waals surface area contributed by atoms with Crippen LogP contribution in [0.3, 0.4) is 0 Å². The van der Waals surface area contributed by atoms with Crippen LogP contribution in [0, 0.1) is 0 Å². The van der Waals surface area contributed by atoms with Gasteiger partial charge in [-0.25, -0.2) is 0 Å². The van der Waals surface area contributed by atoms with E-state index >= 15 is 0 Å². The summed E-state index contributed by atoms with van der Waals surface area (Å²) in [6.07, 6.45) is 0.458. The number of benzene rings is 1. The third-order valence-corrected chi connectivity index (χ3v) is 4.67. The molecule has 5 heteroatoms. The van der Waals surface area contributed by atoms with E-state index in [9.17, 15) is 4.79 Å². The standard InChI is InChI=1S/C15H16N2O2S/c1-17-12-4-3-9(5-10(12)6-14(17)18)15(16)13-7-11(19-2)8-20-13/h3-5,7-8,15H,6,16H2,1-2H3. The second-order valence-electron chi connectivity index (χ2n) is 4.88. The van der Waals surface area contributed by atoms with Crippen molar-refractivity contribution in [1.82, 2.24) is 0 Å². The maximum atomic E-state index is 11.7. The van der Waals surface area contributed by atoms with Gasteiger partial charge in [0, 0.05) is 23.0 Å².